The van der Waals surface area contributed by atoms with Crippen LogP contribution >= 0.6 is 0 Å². The van der Waals surface area contributed by atoms with E-state index >= 15 is 0 Å². The number of fused-ring (bicyclic) bond motifs is 8. The number of hydrogen-bond acceptors (Lipinski definition) is 7. The average Bonchev–Trinajstić information content (AvgIpc) is 1.52. The Balaban J connectivity index is 0.000000125. The molecule has 11 nitrogen and oxygen atoms in total. The van der Waals surface area contributed by atoms with Crippen LogP contribution in [-0.4, -0.2) is 118 Å². The third-order valence-electron chi connectivity index (χ3n) is 20.7. The minimum Gasteiger partial charge on any atom is -0.454 e. The van der Waals surface area contributed by atoms with Gasteiger partial charge in [-0.1, -0.05) is 109 Å². The third-order valence-corrected chi connectivity index (χ3v) is 20.7. The van der Waals surface area contributed by atoms with E-state index in [4.69, 9.17) is 15.7 Å². The summed E-state index contributed by atoms with van der Waals surface area (Å²) < 4.78 is 75.0. The van der Waals surface area contributed by atoms with Gasteiger partial charge in [-0.3, -0.25) is 18.8 Å². The summed E-state index contributed by atoms with van der Waals surface area (Å²) in [6, 6.07) is 54.3. The smallest absolute Gasteiger partial charge is 0.200 e. The largest absolute Gasteiger partial charge is 0.454 e. The van der Waals surface area contributed by atoms with Crippen LogP contribution in [0.2, 0.25) is 0 Å². The maximum Gasteiger partial charge on any atom is 0.200 e. The zero-order chi connectivity index (χ0) is 69.4. The molecule has 15 rings (SSSR count). The van der Waals surface area contributed by atoms with Crippen molar-refractivity contribution >= 4 is 89.5 Å². The SMILES string of the molecule is Cc1ccccc1N1c2ccccc2[N+](C)(C)C1C.Cc1ccccc1N1c2ncccc2[N+](C)(C)C1C.[2H]C([2H])([2H])[N+]1(C)C(C)N(c2c(C)ccc3c2oc2ccccc23)C(C)(C)C1([2H])[2H].[2H]C1([2H])C(C)(C)N(c2c(C)ccc3c2oc2ccccc23)C(C)[N+]12CCCCC2. The summed E-state index contributed by atoms with van der Waals surface area (Å²) >= 11 is 0. The minimum absolute atomic E-state index is 0.0535. The number of para-hydroxylation sites is 6. The summed E-state index contributed by atoms with van der Waals surface area (Å²) in [5.41, 5.74) is 14.5. The normalized spacial score (nSPS) is 25.7. The van der Waals surface area contributed by atoms with Gasteiger partial charge in [0, 0.05) is 73.3 Å². The molecule has 5 unspecified atom stereocenters. The van der Waals surface area contributed by atoms with Crippen LogP contribution in [0.1, 0.15) is 107 Å². The van der Waals surface area contributed by atoms with Crippen LogP contribution in [0.15, 0.2) is 173 Å². The highest BCUT2D eigenvalue weighted by Crippen LogP contribution is 2.51. The second-order valence-electron chi connectivity index (χ2n) is 27.9. The van der Waals surface area contributed by atoms with Crippen molar-refractivity contribution in [2.75, 3.05) is 87.9 Å². The topological polar surface area (TPSA) is 52.1 Å². The molecule has 1 spiro atoms. The fourth-order valence-corrected chi connectivity index (χ4v) is 15.5. The van der Waals surface area contributed by atoms with Crippen molar-refractivity contribution < 1.29 is 27.4 Å². The van der Waals surface area contributed by atoms with E-state index in [0.29, 0.717) is 22.4 Å². The first-order valence-electron chi connectivity index (χ1n) is 35.6. The summed E-state index contributed by atoms with van der Waals surface area (Å²) in [7, 11) is 10.5. The second-order valence-corrected chi connectivity index (χ2v) is 27.9. The van der Waals surface area contributed by atoms with Gasteiger partial charge < -0.3 is 27.6 Å². The van der Waals surface area contributed by atoms with E-state index in [-0.39, 0.29) is 6.17 Å². The molecule has 5 aliphatic heterocycles. The van der Waals surface area contributed by atoms with Crippen LogP contribution in [0.25, 0.3) is 43.9 Å². The van der Waals surface area contributed by atoms with E-state index in [9.17, 15) is 2.74 Å². The van der Waals surface area contributed by atoms with Crippen LogP contribution in [-0.2, 0) is 0 Å². The Kier molecular flexibility index (Phi) is 13.5. The van der Waals surface area contributed by atoms with Gasteiger partial charge in [-0.15, -0.1) is 0 Å². The number of rotatable bonds is 4. The van der Waals surface area contributed by atoms with Gasteiger partial charge in [0.25, 0.3) is 0 Å². The van der Waals surface area contributed by atoms with Gasteiger partial charge in [0.15, 0.2) is 53.0 Å². The Morgan fingerprint density at radius 3 is 1.45 bits per heavy atom. The van der Waals surface area contributed by atoms with Gasteiger partial charge in [-0.25, -0.2) is 4.98 Å². The molecule has 0 radical (unpaired) electrons. The van der Waals surface area contributed by atoms with Crippen LogP contribution in [0, 0.1) is 27.7 Å². The molecule has 7 aromatic carbocycles. The van der Waals surface area contributed by atoms with Crippen LogP contribution in [0.5, 0.6) is 0 Å². The molecule has 0 amide bonds. The molecule has 464 valence electrons. The van der Waals surface area contributed by atoms with E-state index < -0.39 is 41.7 Å². The summed E-state index contributed by atoms with van der Waals surface area (Å²) in [5, 5.41) is 4.17. The molecule has 3 fully saturated rings. The highest BCUT2D eigenvalue weighted by molar-refractivity contribution is 6.11. The van der Waals surface area contributed by atoms with E-state index in [1.807, 2.05) is 78.7 Å². The molecule has 5 atom stereocenters. The minimum atomic E-state index is -2.52. The number of hydrogen-bond donors (Lipinski definition) is 0. The summed E-state index contributed by atoms with van der Waals surface area (Å²) in [6.45, 7) is 20.6. The number of pyridine rings is 1. The predicted molar refractivity (Wildman–Crippen MR) is 378 cm³/mol. The van der Waals surface area contributed by atoms with E-state index in [2.05, 4.69) is 200 Å². The maximum absolute atomic E-state index is 9.29. The standard InChI is InChI=1S/C24H31N2O.C21H27N2O.C17H21N2.C16H20N3/c1-17-12-13-20-19-10-6-7-11-21(19)27-23(20)22(17)25-18(2)26(16-24(25,3)4)14-8-5-9-15-26;1-14-11-12-17-16-9-7-8-10-18(16)24-20(17)19(14)22-15(2)23(5,6)13-21(22,3)4;1-13-9-5-6-10-15(13)18-14(2)19(3,4)17-12-8-7-11-16(17)18;1-12-8-5-6-9-14(12)18-13(2)19(3,4)15-10-7-11-17-16(15)18/h6-7,10-13,18H,5,8-9,14-16H2,1-4H3;7-12,15H,13H2,1-6H3;5-12,14H,1-4H3;5-11,13H,1-4H3/q4*+1/i16D2;5D3,13D2;;. The van der Waals surface area contributed by atoms with Crippen LogP contribution in [0.4, 0.5) is 45.6 Å². The highest BCUT2D eigenvalue weighted by atomic mass is 16.3. The lowest BCUT2D eigenvalue weighted by molar-refractivity contribution is -0.942. The monoisotopic (exact) mass is 1200 g/mol. The van der Waals surface area contributed by atoms with Crippen molar-refractivity contribution in [2.24, 2.45) is 0 Å². The van der Waals surface area contributed by atoms with Crippen LogP contribution < -0.4 is 28.6 Å². The molecule has 5 aliphatic rings. The molecule has 11 heteroatoms. The summed E-state index contributed by atoms with van der Waals surface area (Å²) in [6.07, 6.45) is 5.44. The Labute approximate surface area is 540 Å². The number of quaternary nitrogens is 4. The number of anilines is 6. The van der Waals surface area contributed by atoms with Crippen molar-refractivity contribution in [3.05, 3.63) is 186 Å². The molecule has 3 aromatic heterocycles. The summed E-state index contributed by atoms with van der Waals surface area (Å²) in [5.74, 6) is 1.08. The lowest BCUT2D eigenvalue weighted by Crippen LogP contribution is -2.56. The quantitative estimate of drug-likeness (QED) is 0.163. The van der Waals surface area contributed by atoms with Gasteiger partial charge in [-0.2, -0.15) is 0 Å². The number of nitrogens with zero attached hydrogens (tertiary/aromatic N) is 9. The average molecular weight is 1200 g/mol. The first-order valence-corrected chi connectivity index (χ1v) is 32.1. The number of furan rings is 2. The third kappa shape index (κ3) is 10.3. The number of benzene rings is 7. The maximum atomic E-state index is 9.29. The lowest BCUT2D eigenvalue weighted by Gasteiger charge is -2.42. The van der Waals surface area contributed by atoms with E-state index in [1.54, 1.807) is 20.8 Å². The Bertz CT molecular complexity index is 4470. The fourth-order valence-electron chi connectivity index (χ4n) is 15.5. The van der Waals surface area contributed by atoms with Crippen molar-refractivity contribution in [3.63, 3.8) is 0 Å². The predicted octanol–water partition coefficient (Wildman–Crippen LogP) is 18.3. The molecule has 0 saturated carbocycles. The van der Waals surface area contributed by atoms with Crippen molar-refractivity contribution in [2.45, 2.75) is 138 Å². The van der Waals surface area contributed by atoms with Gasteiger partial charge in [0.2, 0.25) is 0 Å². The lowest BCUT2D eigenvalue weighted by atomic mass is 10.00. The molecule has 0 bridgehead atoms. The van der Waals surface area contributed by atoms with Gasteiger partial charge in [0.1, 0.15) is 29.8 Å². The number of aryl methyl sites for hydroxylation is 4. The molecule has 0 aliphatic carbocycles. The Morgan fingerprint density at radius 1 is 0.461 bits per heavy atom. The van der Waals surface area contributed by atoms with E-state index in [0.717, 1.165) is 102 Å². The van der Waals surface area contributed by atoms with Crippen molar-refractivity contribution in [1.29, 1.82) is 0 Å². The van der Waals surface area contributed by atoms with Gasteiger partial charge in [-0.05, 0) is 133 Å². The van der Waals surface area contributed by atoms with Crippen molar-refractivity contribution in [3.8, 4) is 0 Å². The zero-order valence-electron chi connectivity index (χ0n) is 62.8. The fraction of sp³-hybridized carbons (Fsp3) is 0.397. The Hall–Kier alpha value is -7.67. The Morgan fingerprint density at radius 2 is 0.910 bits per heavy atom. The van der Waals surface area contributed by atoms with Crippen LogP contribution in [0.3, 0.4) is 0 Å². The van der Waals surface area contributed by atoms with Gasteiger partial charge >= 0.3 is 0 Å². The molecular weight excluding hydrogens is 1090 g/mol. The van der Waals surface area contributed by atoms with Gasteiger partial charge in [0.05, 0.1) is 93.0 Å². The first-order chi connectivity index (χ1) is 45.1. The number of aromatic nitrogens is 1. The molecular formula is C78H99N9O2+4. The highest BCUT2D eigenvalue weighted by Gasteiger charge is 2.56. The molecule has 3 saturated heterocycles. The zero-order valence-corrected chi connectivity index (χ0v) is 55.8. The first kappa shape index (κ1) is 53.2. The number of piperidine rings is 1. The number of likely N-dealkylation sites (N-methyl/N-ethyl adjacent to an activating group) is 1. The molecule has 0 N–H and O–H groups in total. The molecule has 10 aromatic rings. The molecule has 89 heavy (non-hydrogen) atoms. The summed E-state index contributed by atoms with van der Waals surface area (Å²) in [4.78, 5) is 13.7. The van der Waals surface area contributed by atoms with Crippen molar-refractivity contribution in [1.82, 2.24) is 14.0 Å². The van der Waals surface area contributed by atoms with E-state index in [1.165, 1.54) is 53.0 Å². The molecule has 8 heterocycles. The second kappa shape index (κ2) is 22.7.